The minimum absolute atomic E-state index is 0.317. The maximum Gasteiger partial charge on any atom is 0.0331 e. The van der Waals surface area contributed by atoms with Gasteiger partial charge in [-0.2, -0.15) is 11.8 Å². The van der Waals surface area contributed by atoms with E-state index in [1.54, 1.807) is 0 Å². The average Bonchev–Trinajstić information content (AvgIpc) is 2.74. The third-order valence-corrected chi connectivity index (χ3v) is 4.71. The van der Waals surface area contributed by atoms with Crippen molar-refractivity contribution in [3.8, 4) is 0 Å². The predicted octanol–water partition coefficient (Wildman–Crippen LogP) is 2.33. The van der Waals surface area contributed by atoms with Crippen molar-refractivity contribution in [1.29, 1.82) is 0 Å². The van der Waals surface area contributed by atoms with Crippen LogP contribution in [-0.4, -0.2) is 42.1 Å². The van der Waals surface area contributed by atoms with Crippen molar-refractivity contribution in [2.75, 3.05) is 25.6 Å². The maximum atomic E-state index is 5.99. The lowest BCUT2D eigenvalue weighted by Crippen LogP contribution is -2.53. The Morgan fingerprint density at radius 3 is 2.47 bits per heavy atom. The normalized spacial score (nSPS) is 22.2. The van der Waals surface area contributed by atoms with Crippen LogP contribution in [0, 0.1) is 0 Å². The Bertz CT molecular complexity index is 178. The molecule has 0 radical (unpaired) electrons. The van der Waals surface area contributed by atoms with Crippen LogP contribution in [0.3, 0.4) is 0 Å². The number of thioether (sulfide) groups is 1. The summed E-state index contributed by atoms with van der Waals surface area (Å²) in [6, 6.07) is 0.666. The highest BCUT2D eigenvalue weighted by Gasteiger charge is 2.37. The summed E-state index contributed by atoms with van der Waals surface area (Å²) in [4.78, 5) is 2.55. The predicted molar refractivity (Wildman–Crippen MR) is 70.5 cm³/mol. The Kier molecular flexibility index (Phi) is 5.44. The molecule has 1 fully saturated rings. The highest BCUT2D eigenvalue weighted by Crippen LogP contribution is 2.35. The van der Waals surface area contributed by atoms with Crippen LogP contribution < -0.4 is 5.73 Å². The quantitative estimate of drug-likeness (QED) is 0.759. The lowest BCUT2D eigenvalue weighted by atomic mass is 9.93. The molecular formula is C12H26N2S. The molecule has 0 heterocycles. The molecule has 0 aromatic carbocycles. The van der Waals surface area contributed by atoms with E-state index in [-0.39, 0.29) is 0 Å². The van der Waals surface area contributed by atoms with Gasteiger partial charge in [0.05, 0.1) is 0 Å². The fraction of sp³-hybridized carbons (Fsp3) is 1.00. The lowest BCUT2D eigenvalue weighted by molar-refractivity contribution is 0.0883. The van der Waals surface area contributed by atoms with Crippen molar-refractivity contribution in [3.05, 3.63) is 0 Å². The largest absolute Gasteiger partial charge is 0.329 e. The smallest absolute Gasteiger partial charge is 0.0331 e. The van der Waals surface area contributed by atoms with E-state index < -0.39 is 0 Å². The van der Waals surface area contributed by atoms with Gasteiger partial charge in [0.1, 0.15) is 0 Å². The molecule has 0 aliphatic heterocycles. The van der Waals surface area contributed by atoms with E-state index >= 15 is 0 Å². The summed E-state index contributed by atoms with van der Waals surface area (Å²) in [7, 11) is 2.27. The zero-order valence-electron chi connectivity index (χ0n) is 10.5. The van der Waals surface area contributed by atoms with E-state index in [9.17, 15) is 0 Å². The summed E-state index contributed by atoms with van der Waals surface area (Å²) in [5.41, 5.74) is 6.31. The first kappa shape index (κ1) is 13.3. The first-order valence-electron chi connectivity index (χ1n) is 6.08. The van der Waals surface area contributed by atoms with Gasteiger partial charge in [-0.3, -0.25) is 4.90 Å². The minimum Gasteiger partial charge on any atom is -0.329 e. The number of rotatable bonds is 6. The van der Waals surface area contributed by atoms with Crippen molar-refractivity contribution in [3.63, 3.8) is 0 Å². The molecule has 0 aromatic rings. The second-order valence-electron chi connectivity index (χ2n) is 4.88. The molecule has 0 bridgehead atoms. The van der Waals surface area contributed by atoms with Crippen LogP contribution in [0.2, 0.25) is 0 Å². The molecule has 0 saturated heterocycles. The van der Waals surface area contributed by atoms with Gasteiger partial charge in [0.15, 0.2) is 0 Å². The standard InChI is InChI=1S/C12H26N2S/c1-11(6-9-15-3)14(2)12(10-13)7-4-5-8-12/h11H,4-10,13H2,1-3H3. The summed E-state index contributed by atoms with van der Waals surface area (Å²) in [5, 5.41) is 0. The Hall–Kier alpha value is 0.270. The highest BCUT2D eigenvalue weighted by atomic mass is 32.2. The van der Waals surface area contributed by atoms with Gasteiger partial charge in [0.2, 0.25) is 0 Å². The molecule has 0 spiro atoms. The summed E-state index contributed by atoms with van der Waals surface area (Å²) in [5.74, 6) is 1.26. The monoisotopic (exact) mass is 230 g/mol. The molecule has 0 aromatic heterocycles. The van der Waals surface area contributed by atoms with E-state index in [4.69, 9.17) is 5.73 Å². The lowest BCUT2D eigenvalue weighted by Gasteiger charge is -2.42. The molecule has 1 saturated carbocycles. The van der Waals surface area contributed by atoms with Gasteiger partial charge in [-0.25, -0.2) is 0 Å². The fourth-order valence-corrected chi connectivity index (χ4v) is 3.26. The second-order valence-corrected chi connectivity index (χ2v) is 5.86. The molecule has 1 rings (SSSR count). The number of likely N-dealkylation sites (N-methyl/N-ethyl adjacent to an activating group) is 1. The third kappa shape index (κ3) is 3.11. The van der Waals surface area contributed by atoms with E-state index in [0.29, 0.717) is 11.6 Å². The summed E-state index contributed by atoms with van der Waals surface area (Å²) < 4.78 is 0. The minimum atomic E-state index is 0.317. The molecule has 2 nitrogen and oxygen atoms in total. The van der Waals surface area contributed by atoms with Gasteiger partial charge in [-0.15, -0.1) is 0 Å². The second kappa shape index (κ2) is 6.12. The Labute approximate surface area is 99.0 Å². The van der Waals surface area contributed by atoms with E-state index in [1.807, 2.05) is 11.8 Å². The molecule has 3 heteroatoms. The van der Waals surface area contributed by atoms with Gasteiger partial charge in [0, 0.05) is 18.1 Å². The summed E-state index contributed by atoms with van der Waals surface area (Å²) >= 11 is 1.94. The molecular weight excluding hydrogens is 204 g/mol. The Balaban J connectivity index is 2.51. The van der Waals surface area contributed by atoms with Crippen LogP contribution in [0.5, 0.6) is 0 Å². The van der Waals surface area contributed by atoms with Crippen molar-refractivity contribution in [1.82, 2.24) is 4.90 Å². The van der Waals surface area contributed by atoms with Crippen LogP contribution in [-0.2, 0) is 0 Å². The zero-order valence-corrected chi connectivity index (χ0v) is 11.3. The molecule has 1 unspecified atom stereocenters. The molecule has 0 amide bonds. The first-order chi connectivity index (χ1) is 7.16. The van der Waals surface area contributed by atoms with E-state index in [1.165, 1.54) is 37.9 Å². The van der Waals surface area contributed by atoms with Crippen LogP contribution in [0.15, 0.2) is 0 Å². The molecule has 1 aliphatic rings. The van der Waals surface area contributed by atoms with Crippen molar-refractivity contribution in [2.24, 2.45) is 5.73 Å². The number of nitrogens with two attached hydrogens (primary N) is 1. The summed E-state index contributed by atoms with van der Waals surface area (Å²) in [6.45, 7) is 3.17. The first-order valence-corrected chi connectivity index (χ1v) is 7.47. The third-order valence-electron chi connectivity index (χ3n) is 4.06. The molecule has 15 heavy (non-hydrogen) atoms. The van der Waals surface area contributed by atoms with E-state index in [2.05, 4.69) is 25.1 Å². The van der Waals surface area contributed by atoms with E-state index in [0.717, 1.165) is 6.54 Å². The molecule has 2 N–H and O–H groups in total. The number of hydrogen-bond acceptors (Lipinski definition) is 3. The molecule has 90 valence electrons. The maximum absolute atomic E-state index is 5.99. The van der Waals surface area contributed by atoms with Gasteiger partial charge >= 0.3 is 0 Å². The number of nitrogens with zero attached hydrogens (tertiary/aromatic N) is 1. The average molecular weight is 230 g/mol. The van der Waals surface area contributed by atoms with Crippen LogP contribution in [0.1, 0.15) is 39.0 Å². The van der Waals surface area contributed by atoms with Crippen molar-refractivity contribution >= 4 is 11.8 Å². The SMILES string of the molecule is CSCCC(C)N(C)C1(CN)CCCC1. The fourth-order valence-electron chi connectivity index (χ4n) is 2.68. The Morgan fingerprint density at radius 1 is 1.40 bits per heavy atom. The molecule has 1 atom stereocenters. The number of hydrogen-bond donors (Lipinski definition) is 1. The van der Waals surface area contributed by atoms with Gasteiger partial charge in [-0.05, 0) is 45.2 Å². The zero-order chi connectivity index (χ0) is 11.3. The highest BCUT2D eigenvalue weighted by molar-refractivity contribution is 7.98. The van der Waals surface area contributed by atoms with Crippen molar-refractivity contribution < 1.29 is 0 Å². The van der Waals surface area contributed by atoms with Gasteiger partial charge in [-0.1, -0.05) is 12.8 Å². The van der Waals surface area contributed by atoms with Crippen LogP contribution >= 0.6 is 11.8 Å². The van der Waals surface area contributed by atoms with Gasteiger partial charge in [0.25, 0.3) is 0 Å². The topological polar surface area (TPSA) is 29.3 Å². The van der Waals surface area contributed by atoms with Crippen molar-refractivity contribution in [2.45, 2.75) is 50.6 Å². The summed E-state index contributed by atoms with van der Waals surface area (Å²) in [6.07, 6.45) is 8.77. The van der Waals surface area contributed by atoms with Gasteiger partial charge < -0.3 is 5.73 Å². The van der Waals surface area contributed by atoms with Crippen LogP contribution in [0.4, 0.5) is 0 Å². The van der Waals surface area contributed by atoms with Crippen LogP contribution in [0.25, 0.3) is 0 Å². The Morgan fingerprint density at radius 2 is 2.00 bits per heavy atom. The molecule has 1 aliphatic carbocycles.